The van der Waals surface area contributed by atoms with Crippen molar-refractivity contribution in [2.75, 3.05) is 0 Å². The quantitative estimate of drug-likeness (QED) is 0.798. The van der Waals surface area contributed by atoms with Gasteiger partial charge in [-0.2, -0.15) is 0 Å². The van der Waals surface area contributed by atoms with Crippen LogP contribution in [0.5, 0.6) is 0 Å². The number of benzene rings is 1. The number of hydrogen-bond donors (Lipinski definition) is 2. The molecule has 1 aromatic carbocycles. The average molecular weight is 208 g/mol. The van der Waals surface area contributed by atoms with E-state index < -0.39 is 11.9 Å². The summed E-state index contributed by atoms with van der Waals surface area (Å²) >= 11 is 0. The van der Waals surface area contributed by atoms with Crippen LogP contribution in [0.4, 0.5) is 0 Å². The molecule has 0 saturated carbocycles. The Hall–Kier alpha value is -1.84. The number of carboxylic acids is 2. The molecule has 0 aliphatic rings. The van der Waals surface area contributed by atoms with E-state index in [0.29, 0.717) is 5.56 Å². The van der Waals surface area contributed by atoms with Gasteiger partial charge < -0.3 is 10.2 Å². The number of rotatable bonds is 3. The summed E-state index contributed by atoms with van der Waals surface area (Å²) in [6.07, 6.45) is 0. The standard InChI is InChI=1S/C11H12O4/c1-6(2)9-5-7(10(12)13)3-4-8(9)11(14)15/h3-6H,1-2H3,(H,12,13)(H,14,15). The molecule has 1 rings (SSSR count). The van der Waals surface area contributed by atoms with Crippen molar-refractivity contribution < 1.29 is 19.8 Å². The molecular weight excluding hydrogens is 196 g/mol. The van der Waals surface area contributed by atoms with Crippen molar-refractivity contribution in [1.82, 2.24) is 0 Å². The minimum absolute atomic E-state index is 0.0181. The highest BCUT2D eigenvalue weighted by Gasteiger charge is 2.15. The maximum Gasteiger partial charge on any atom is 0.335 e. The molecular formula is C11H12O4. The molecule has 0 atom stereocenters. The maximum atomic E-state index is 10.9. The molecule has 15 heavy (non-hydrogen) atoms. The zero-order valence-corrected chi connectivity index (χ0v) is 8.52. The molecule has 2 N–H and O–H groups in total. The van der Waals surface area contributed by atoms with Gasteiger partial charge in [0.2, 0.25) is 0 Å². The average Bonchev–Trinajstić information content (AvgIpc) is 2.16. The molecule has 4 nitrogen and oxygen atoms in total. The number of carbonyl (C=O) groups is 2. The van der Waals surface area contributed by atoms with Gasteiger partial charge in [0.15, 0.2) is 0 Å². The lowest BCUT2D eigenvalue weighted by atomic mass is 9.95. The third-order valence-corrected chi connectivity index (χ3v) is 2.15. The van der Waals surface area contributed by atoms with Crippen molar-refractivity contribution in [1.29, 1.82) is 0 Å². The van der Waals surface area contributed by atoms with Crippen LogP contribution in [0, 0.1) is 0 Å². The first-order valence-corrected chi connectivity index (χ1v) is 4.54. The van der Waals surface area contributed by atoms with Crippen molar-refractivity contribution in [3.8, 4) is 0 Å². The minimum atomic E-state index is -1.05. The Balaban J connectivity index is 3.33. The molecule has 0 aromatic heterocycles. The molecule has 0 heterocycles. The van der Waals surface area contributed by atoms with Crippen LogP contribution < -0.4 is 0 Å². The van der Waals surface area contributed by atoms with Crippen molar-refractivity contribution in [3.05, 3.63) is 34.9 Å². The second-order valence-electron chi connectivity index (χ2n) is 3.57. The van der Waals surface area contributed by atoms with Gasteiger partial charge in [0.05, 0.1) is 11.1 Å². The fourth-order valence-corrected chi connectivity index (χ4v) is 1.37. The van der Waals surface area contributed by atoms with E-state index in [0.717, 1.165) is 0 Å². The van der Waals surface area contributed by atoms with Crippen LogP contribution in [0.1, 0.15) is 46.0 Å². The zero-order chi connectivity index (χ0) is 11.6. The van der Waals surface area contributed by atoms with E-state index in [2.05, 4.69) is 0 Å². The molecule has 4 heteroatoms. The van der Waals surface area contributed by atoms with Crippen LogP contribution in [0.15, 0.2) is 18.2 Å². The Morgan fingerprint density at radius 3 is 2.13 bits per heavy atom. The molecule has 0 unspecified atom stereocenters. The Labute approximate surface area is 87.2 Å². The van der Waals surface area contributed by atoms with Crippen LogP contribution >= 0.6 is 0 Å². The van der Waals surface area contributed by atoms with Gasteiger partial charge in [-0.3, -0.25) is 0 Å². The van der Waals surface area contributed by atoms with Gasteiger partial charge >= 0.3 is 11.9 Å². The second kappa shape index (κ2) is 4.13. The van der Waals surface area contributed by atoms with Gasteiger partial charge in [-0.05, 0) is 29.7 Å². The van der Waals surface area contributed by atoms with E-state index in [1.165, 1.54) is 18.2 Å². The first-order valence-electron chi connectivity index (χ1n) is 4.54. The summed E-state index contributed by atoms with van der Waals surface area (Å²) in [5.74, 6) is -2.10. The smallest absolute Gasteiger partial charge is 0.335 e. The number of carboxylic acid groups (broad SMARTS) is 2. The first kappa shape index (κ1) is 11.2. The summed E-state index contributed by atoms with van der Waals surface area (Å²) < 4.78 is 0. The van der Waals surface area contributed by atoms with E-state index in [9.17, 15) is 9.59 Å². The van der Waals surface area contributed by atoms with E-state index in [1.807, 2.05) is 13.8 Å². The van der Waals surface area contributed by atoms with E-state index in [4.69, 9.17) is 10.2 Å². The minimum Gasteiger partial charge on any atom is -0.478 e. The van der Waals surface area contributed by atoms with Gasteiger partial charge in [-0.1, -0.05) is 13.8 Å². The van der Waals surface area contributed by atoms with E-state index >= 15 is 0 Å². The first-order chi connectivity index (χ1) is 6.93. The summed E-state index contributed by atoms with van der Waals surface area (Å²) in [7, 11) is 0. The molecule has 0 amide bonds. The Bertz CT molecular complexity index is 407. The highest BCUT2D eigenvalue weighted by Crippen LogP contribution is 2.21. The molecule has 0 saturated heterocycles. The van der Waals surface area contributed by atoms with Gasteiger partial charge in [-0.15, -0.1) is 0 Å². The summed E-state index contributed by atoms with van der Waals surface area (Å²) in [4.78, 5) is 21.6. The van der Waals surface area contributed by atoms with Gasteiger partial charge in [0.25, 0.3) is 0 Å². The SMILES string of the molecule is CC(C)c1cc(C(=O)O)ccc1C(=O)O. The molecule has 0 fully saturated rings. The summed E-state index contributed by atoms with van der Waals surface area (Å²) in [6, 6.07) is 4.05. The fraction of sp³-hybridized carbons (Fsp3) is 0.273. The Morgan fingerprint density at radius 1 is 1.13 bits per heavy atom. The highest BCUT2D eigenvalue weighted by molar-refractivity contribution is 5.93. The van der Waals surface area contributed by atoms with Crippen LogP contribution in [-0.4, -0.2) is 22.2 Å². The monoisotopic (exact) mass is 208 g/mol. The Morgan fingerprint density at radius 2 is 1.73 bits per heavy atom. The third kappa shape index (κ3) is 2.34. The second-order valence-corrected chi connectivity index (χ2v) is 3.57. The van der Waals surface area contributed by atoms with Crippen LogP contribution in [-0.2, 0) is 0 Å². The summed E-state index contributed by atoms with van der Waals surface area (Å²) in [6.45, 7) is 3.65. The normalized spacial score (nSPS) is 10.3. The van der Waals surface area contributed by atoms with Crippen LogP contribution in [0.2, 0.25) is 0 Å². The largest absolute Gasteiger partial charge is 0.478 e. The third-order valence-electron chi connectivity index (χ3n) is 2.15. The zero-order valence-electron chi connectivity index (χ0n) is 8.52. The maximum absolute atomic E-state index is 10.9. The van der Waals surface area contributed by atoms with Crippen molar-refractivity contribution in [2.24, 2.45) is 0 Å². The molecule has 80 valence electrons. The molecule has 1 aromatic rings. The summed E-state index contributed by atoms with van der Waals surface area (Å²) in [5.41, 5.74) is 0.820. The van der Waals surface area contributed by atoms with Crippen LogP contribution in [0.3, 0.4) is 0 Å². The summed E-state index contributed by atoms with van der Waals surface area (Å²) in [5, 5.41) is 17.7. The lowest BCUT2D eigenvalue weighted by Gasteiger charge is -2.10. The molecule has 0 aliphatic heterocycles. The molecule has 0 spiro atoms. The van der Waals surface area contributed by atoms with Crippen molar-refractivity contribution in [3.63, 3.8) is 0 Å². The van der Waals surface area contributed by atoms with Crippen molar-refractivity contribution in [2.45, 2.75) is 19.8 Å². The van der Waals surface area contributed by atoms with E-state index in [1.54, 1.807) is 0 Å². The lowest BCUT2D eigenvalue weighted by Crippen LogP contribution is -2.06. The predicted octanol–water partition coefficient (Wildman–Crippen LogP) is 2.21. The van der Waals surface area contributed by atoms with Gasteiger partial charge in [-0.25, -0.2) is 9.59 Å². The number of aromatic carboxylic acids is 2. The Kier molecular flexibility index (Phi) is 3.09. The molecule has 0 radical (unpaired) electrons. The topological polar surface area (TPSA) is 74.6 Å². The predicted molar refractivity (Wildman–Crippen MR) is 54.4 cm³/mol. The van der Waals surface area contributed by atoms with Gasteiger partial charge in [0.1, 0.15) is 0 Å². The fourth-order valence-electron chi connectivity index (χ4n) is 1.37. The van der Waals surface area contributed by atoms with E-state index in [-0.39, 0.29) is 17.0 Å². The number of hydrogen-bond acceptors (Lipinski definition) is 2. The van der Waals surface area contributed by atoms with Crippen LogP contribution in [0.25, 0.3) is 0 Å². The highest BCUT2D eigenvalue weighted by atomic mass is 16.4. The molecule has 0 bridgehead atoms. The lowest BCUT2D eigenvalue weighted by molar-refractivity contribution is 0.0680. The van der Waals surface area contributed by atoms with Gasteiger partial charge in [0, 0.05) is 0 Å². The molecule has 0 aliphatic carbocycles. The van der Waals surface area contributed by atoms with Crippen molar-refractivity contribution >= 4 is 11.9 Å².